The molecule has 1 saturated heterocycles. The van der Waals surface area contributed by atoms with Crippen LogP contribution in [0.4, 0.5) is 0 Å². The molecule has 0 saturated carbocycles. The molecule has 226 valence electrons. The van der Waals surface area contributed by atoms with Crippen LogP contribution < -0.4 is 21.1 Å². The molecular weight excluding hydrogens is 577 g/mol. The van der Waals surface area contributed by atoms with Crippen LogP contribution in [0.5, 0.6) is 5.75 Å². The van der Waals surface area contributed by atoms with Crippen molar-refractivity contribution in [3.63, 3.8) is 0 Å². The second-order valence-corrected chi connectivity index (χ2v) is 12.0. The molecule has 1 aliphatic carbocycles. The monoisotopic (exact) mass is 621 g/mol. The Morgan fingerprint density at radius 1 is 1.20 bits per heavy atom. The molecule has 1 heterocycles. The fraction of sp³-hybridized carbons (Fsp3) is 0.516. The third-order valence-corrected chi connectivity index (χ3v) is 8.88. The van der Waals surface area contributed by atoms with Crippen LogP contribution in [-0.2, 0) is 4.79 Å². The van der Waals surface area contributed by atoms with Gasteiger partial charge in [-0.15, -0.1) is 11.8 Å². The van der Waals surface area contributed by atoms with E-state index < -0.39 is 0 Å². The zero-order valence-electron chi connectivity index (χ0n) is 24.3. The molecular formula is C31H45Cl2N5O2S. The number of benzene rings is 1. The second-order valence-electron chi connectivity index (χ2n) is 10.3. The summed E-state index contributed by atoms with van der Waals surface area (Å²) in [6, 6.07) is 8.03. The first-order valence-corrected chi connectivity index (χ1v) is 16.3. The Labute approximate surface area is 260 Å². The van der Waals surface area contributed by atoms with E-state index in [2.05, 4.69) is 33.4 Å². The van der Waals surface area contributed by atoms with Crippen molar-refractivity contribution < 1.29 is 9.53 Å². The fourth-order valence-electron chi connectivity index (χ4n) is 4.66. The van der Waals surface area contributed by atoms with Crippen LogP contribution >= 0.6 is 35.0 Å². The van der Waals surface area contributed by atoms with Gasteiger partial charge in [-0.3, -0.25) is 14.6 Å². The molecule has 0 radical (unpaired) electrons. The average molecular weight is 623 g/mol. The number of likely N-dealkylation sites (tertiary alicyclic amines) is 1. The topological polar surface area (TPSA) is 82.9 Å². The number of thioether (sulfide) groups is 1. The largest absolute Gasteiger partial charge is 0.494 e. The van der Waals surface area contributed by atoms with Crippen LogP contribution in [0, 0.1) is 0 Å². The molecule has 0 aromatic heterocycles. The Morgan fingerprint density at radius 2 is 1.95 bits per heavy atom. The van der Waals surface area contributed by atoms with Crippen LogP contribution in [-0.4, -0.2) is 80.5 Å². The van der Waals surface area contributed by atoms with Crippen molar-refractivity contribution in [1.82, 2.24) is 20.4 Å². The summed E-state index contributed by atoms with van der Waals surface area (Å²) in [5, 5.41) is 9.60. The van der Waals surface area contributed by atoms with E-state index in [4.69, 9.17) is 33.7 Å². The lowest BCUT2D eigenvalue weighted by molar-refractivity contribution is -0.122. The van der Waals surface area contributed by atoms with E-state index in [9.17, 15) is 4.79 Å². The number of halogens is 2. The number of rotatable bonds is 16. The molecule has 10 heteroatoms. The predicted octanol–water partition coefficient (Wildman–Crippen LogP) is 5.49. The first-order chi connectivity index (χ1) is 19.9. The first-order valence-electron chi connectivity index (χ1n) is 14.5. The number of hydrogen-bond donors (Lipinski definition) is 3. The van der Waals surface area contributed by atoms with Gasteiger partial charge < -0.3 is 21.1 Å². The van der Waals surface area contributed by atoms with Crippen LogP contribution in [0.2, 0.25) is 0 Å². The van der Waals surface area contributed by atoms with Crippen molar-refractivity contribution in [1.29, 1.82) is 0 Å². The molecule has 1 amide bonds. The van der Waals surface area contributed by atoms with E-state index in [0.29, 0.717) is 29.5 Å². The van der Waals surface area contributed by atoms with Gasteiger partial charge in [-0.05, 0) is 86.2 Å². The first kappa shape index (κ1) is 33.6. The van der Waals surface area contributed by atoms with Crippen LogP contribution in [0.1, 0.15) is 44.6 Å². The van der Waals surface area contributed by atoms with Gasteiger partial charge in [-0.2, -0.15) is 0 Å². The molecule has 4 N–H and O–H groups in total. The summed E-state index contributed by atoms with van der Waals surface area (Å²) >= 11 is 14.1. The van der Waals surface area contributed by atoms with Crippen LogP contribution in [0.3, 0.4) is 0 Å². The third kappa shape index (κ3) is 12.4. The zero-order valence-corrected chi connectivity index (χ0v) is 26.7. The van der Waals surface area contributed by atoms with Gasteiger partial charge in [0.1, 0.15) is 5.75 Å². The fourth-order valence-corrected chi connectivity index (χ4v) is 5.93. The highest BCUT2D eigenvalue weighted by atomic mass is 35.5. The number of nitrogens with zero attached hydrogens (tertiary/aromatic N) is 2. The number of hydrogen-bond acceptors (Lipinski definition) is 7. The normalized spacial score (nSPS) is 17.1. The highest BCUT2D eigenvalue weighted by molar-refractivity contribution is 8.02. The summed E-state index contributed by atoms with van der Waals surface area (Å²) < 4.78 is 5.86. The molecule has 1 aromatic rings. The van der Waals surface area contributed by atoms with E-state index in [1.54, 1.807) is 11.8 Å². The number of allylic oxidation sites excluding steroid dienone is 4. The number of carbonyl (C=O) groups excluding carboxylic acids is 1. The maximum Gasteiger partial charge on any atom is 0.220 e. The number of nitrogens with one attached hydrogen (secondary N) is 2. The molecule has 41 heavy (non-hydrogen) atoms. The summed E-state index contributed by atoms with van der Waals surface area (Å²) in [6.45, 7) is 8.41. The lowest BCUT2D eigenvalue weighted by Crippen LogP contribution is -2.45. The zero-order chi connectivity index (χ0) is 29.5. The van der Waals surface area contributed by atoms with Gasteiger partial charge in [-0.1, -0.05) is 42.3 Å². The van der Waals surface area contributed by atoms with E-state index >= 15 is 0 Å². The van der Waals surface area contributed by atoms with E-state index in [0.717, 1.165) is 81.4 Å². The molecule has 0 unspecified atom stereocenters. The Balaban J connectivity index is 1.29. The Bertz CT molecular complexity index is 1080. The number of carbonyl (C=O) groups is 1. The quantitative estimate of drug-likeness (QED) is 0.166. The molecule has 0 bridgehead atoms. The molecule has 0 atom stereocenters. The minimum atomic E-state index is 0.0901. The lowest BCUT2D eigenvalue weighted by Gasteiger charge is -2.32. The maximum atomic E-state index is 12.5. The molecule has 0 spiro atoms. The Morgan fingerprint density at radius 3 is 2.66 bits per heavy atom. The smallest absolute Gasteiger partial charge is 0.220 e. The molecule has 7 nitrogen and oxygen atoms in total. The molecule has 1 fully saturated rings. The predicted molar refractivity (Wildman–Crippen MR) is 175 cm³/mol. The van der Waals surface area contributed by atoms with Crippen LogP contribution in [0.25, 0.3) is 5.70 Å². The molecule has 3 rings (SSSR count). The van der Waals surface area contributed by atoms with Gasteiger partial charge >= 0.3 is 0 Å². The Kier molecular flexibility index (Phi) is 15.2. The third-order valence-electron chi connectivity index (χ3n) is 7.17. The minimum Gasteiger partial charge on any atom is -0.494 e. The van der Waals surface area contributed by atoms with Crippen molar-refractivity contribution in [2.75, 3.05) is 58.8 Å². The Hall–Kier alpha value is -1.94. The van der Waals surface area contributed by atoms with Gasteiger partial charge in [-0.25, -0.2) is 0 Å². The van der Waals surface area contributed by atoms with Gasteiger partial charge in [0.05, 0.1) is 16.7 Å². The maximum absolute atomic E-state index is 12.5. The van der Waals surface area contributed by atoms with Crippen LogP contribution in [0.15, 0.2) is 63.5 Å². The van der Waals surface area contributed by atoms with Crippen molar-refractivity contribution in [3.05, 3.63) is 69.1 Å². The van der Waals surface area contributed by atoms with E-state index in [1.807, 2.05) is 48.9 Å². The SMILES string of the molecule is CCN(CCNC)CS/C=C(\N)c1ccc(OCCCC(=O)NC2CCN(CC3=CCC=C(Cl)C(Cl)=C3)CC2)cc1. The molecule has 1 aliphatic heterocycles. The number of amides is 1. The molecule has 1 aromatic carbocycles. The minimum absolute atomic E-state index is 0.0901. The average Bonchev–Trinajstić information content (AvgIpc) is 3.13. The van der Waals surface area contributed by atoms with E-state index in [-0.39, 0.29) is 11.9 Å². The summed E-state index contributed by atoms with van der Waals surface area (Å²) in [4.78, 5) is 17.3. The van der Waals surface area contributed by atoms with Crippen molar-refractivity contribution in [2.24, 2.45) is 5.73 Å². The standard InChI is InChI=1S/C31H45Cl2N5O2S/c1-3-37(18-15-35-2)23-41-22-30(34)25-9-11-27(12-10-25)40-19-5-8-31(39)36-26-13-16-38(17-14-26)21-24-6-4-7-28(32)29(33)20-24/h6-7,9-12,20,22,26,35H,3-5,8,13-19,21,23,34H2,1-2H3,(H,36,39)/b30-22-. The lowest BCUT2D eigenvalue weighted by atomic mass is 10.0. The van der Waals surface area contributed by atoms with Gasteiger partial charge in [0.25, 0.3) is 0 Å². The summed E-state index contributed by atoms with van der Waals surface area (Å²) in [5.74, 6) is 1.78. The number of likely N-dealkylation sites (N-methyl/N-ethyl adjacent to an activating group) is 2. The molecule has 2 aliphatic rings. The number of nitrogens with two attached hydrogens (primary N) is 1. The second kappa shape index (κ2) is 18.6. The summed E-state index contributed by atoms with van der Waals surface area (Å²) in [6.07, 6.45) is 9.87. The number of ether oxygens (including phenoxy) is 1. The van der Waals surface area contributed by atoms with Crippen molar-refractivity contribution >= 4 is 46.6 Å². The van der Waals surface area contributed by atoms with Crippen molar-refractivity contribution in [3.8, 4) is 5.75 Å². The van der Waals surface area contributed by atoms with E-state index in [1.165, 1.54) is 5.57 Å². The van der Waals surface area contributed by atoms with Crippen molar-refractivity contribution in [2.45, 2.75) is 45.1 Å². The highest BCUT2D eigenvalue weighted by Crippen LogP contribution is 2.25. The van der Waals surface area contributed by atoms with Gasteiger partial charge in [0.15, 0.2) is 0 Å². The van der Waals surface area contributed by atoms with Gasteiger partial charge in [0.2, 0.25) is 5.91 Å². The van der Waals surface area contributed by atoms with Gasteiger partial charge in [0, 0.05) is 56.8 Å². The summed E-state index contributed by atoms with van der Waals surface area (Å²) in [5.41, 5.74) is 9.18. The number of piperidine rings is 1. The highest BCUT2D eigenvalue weighted by Gasteiger charge is 2.21. The summed E-state index contributed by atoms with van der Waals surface area (Å²) in [7, 11) is 1.97.